The lowest BCUT2D eigenvalue weighted by Gasteiger charge is -2.25. The third-order valence-electron chi connectivity index (χ3n) is 3.54. The van der Waals surface area contributed by atoms with Gasteiger partial charge < -0.3 is 15.1 Å². The predicted molar refractivity (Wildman–Crippen MR) is 91.5 cm³/mol. The topological polar surface area (TPSA) is 44.3 Å². The Balaban J connectivity index is 2.68. The Hall–Kier alpha value is -1.07. The molecule has 0 amide bonds. The van der Waals surface area contributed by atoms with Crippen LogP contribution >= 0.6 is 11.6 Å². The summed E-state index contributed by atoms with van der Waals surface area (Å²) in [7, 11) is 0. The van der Waals surface area contributed by atoms with Crippen molar-refractivity contribution in [2.75, 3.05) is 49.5 Å². The van der Waals surface area contributed by atoms with Crippen LogP contribution in [0.1, 0.15) is 34.1 Å². The SMILES string of the molecule is CCNc1ncc(Cl)c(N(CC)CCCN(CC)CC)n1. The van der Waals surface area contributed by atoms with Crippen LogP contribution in [0.3, 0.4) is 0 Å². The van der Waals surface area contributed by atoms with E-state index in [0.29, 0.717) is 11.0 Å². The summed E-state index contributed by atoms with van der Waals surface area (Å²) >= 11 is 6.26. The zero-order valence-corrected chi connectivity index (χ0v) is 14.4. The molecular weight excluding hydrogens is 286 g/mol. The fraction of sp³-hybridized carbons (Fsp3) is 0.733. The number of hydrogen-bond donors (Lipinski definition) is 1. The fourth-order valence-electron chi connectivity index (χ4n) is 2.26. The minimum absolute atomic E-state index is 0.612. The molecule has 0 unspecified atom stereocenters. The molecule has 0 atom stereocenters. The average molecular weight is 314 g/mol. The van der Waals surface area contributed by atoms with Gasteiger partial charge in [0.25, 0.3) is 0 Å². The molecule has 1 rings (SSSR count). The summed E-state index contributed by atoms with van der Waals surface area (Å²) in [5.74, 6) is 1.46. The molecule has 1 N–H and O–H groups in total. The van der Waals surface area contributed by atoms with E-state index in [2.05, 4.69) is 45.9 Å². The van der Waals surface area contributed by atoms with Gasteiger partial charge in [-0.25, -0.2) is 4.98 Å². The van der Waals surface area contributed by atoms with Crippen LogP contribution in [0.15, 0.2) is 6.20 Å². The van der Waals surface area contributed by atoms with Crippen molar-refractivity contribution in [1.82, 2.24) is 14.9 Å². The first-order valence-corrected chi connectivity index (χ1v) is 8.27. The molecule has 120 valence electrons. The lowest BCUT2D eigenvalue weighted by Crippen LogP contribution is -2.30. The molecule has 0 radical (unpaired) electrons. The molecule has 0 aliphatic heterocycles. The summed E-state index contributed by atoms with van der Waals surface area (Å²) in [5.41, 5.74) is 0. The van der Waals surface area contributed by atoms with E-state index in [-0.39, 0.29) is 0 Å². The molecule has 1 heterocycles. The smallest absolute Gasteiger partial charge is 0.224 e. The van der Waals surface area contributed by atoms with Crippen LogP contribution in [0.5, 0.6) is 0 Å². The molecular formula is C15H28ClN5. The van der Waals surface area contributed by atoms with Gasteiger partial charge in [-0.15, -0.1) is 0 Å². The lowest BCUT2D eigenvalue weighted by atomic mass is 10.3. The summed E-state index contributed by atoms with van der Waals surface area (Å²) in [6.45, 7) is 14.5. The third kappa shape index (κ3) is 5.67. The molecule has 0 bridgehead atoms. The highest BCUT2D eigenvalue weighted by atomic mass is 35.5. The Bertz CT molecular complexity index is 409. The normalized spacial score (nSPS) is 11.0. The van der Waals surface area contributed by atoms with Crippen molar-refractivity contribution in [3.63, 3.8) is 0 Å². The van der Waals surface area contributed by atoms with E-state index in [1.165, 1.54) is 0 Å². The van der Waals surface area contributed by atoms with Crippen LogP contribution in [0.25, 0.3) is 0 Å². The first-order chi connectivity index (χ1) is 10.2. The summed E-state index contributed by atoms with van der Waals surface area (Å²) in [6.07, 6.45) is 2.78. The van der Waals surface area contributed by atoms with Crippen molar-refractivity contribution in [2.24, 2.45) is 0 Å². The summed E-state index contributed by atoms with van der Waals surface area (Å²) in [6, 6.07) is 0. The van der Waals surface area contributed by atoms with Crippen LogP contribution in [0.4, 0.5) is 11.8 Å². The van der Waals surface area contributed by atoms with Gasteiger partial charge in [0, 0.05) is 19.6 Å². The Labute approximate surface area is 133 Å². The zero-order chi connectivity index (χ0) is 15.7. The first kappa shape index (κ1) is 18.0. The minimum Gasteiger partial charge on any atom is -0.355 e. The van der Waals surface area contributed by atoms with Gasteiger partial charge in [0.2, 0.25) is 5.95 Å². The van der Waals surface area contributed by atoms with Gasteiger partial charge >= 0.3 is 0 Å². The highest BCUT2D eigenvalue weighted by molar-refractivity contribution is 6.32. The number of halogens is 1. The van der Waals surface area contributed by atoms with Crippen molar-refractivity contribution < 1.29 is 0 Å². The Morgan fingerprint density at radius 2 is 1.81 bits per heavy atom. The highest BCUT2D eigenvalue weighted by Crippen LogP contribution is 2.23. The van der Waals surface area contributed by atoms with E-state index in [4.69, 9.17) is 11.6 Å². The van der Waals surface area contributed by atoms with Crippen molar-refractivity contribution in [3.05, 3.63) is 11.2 Å². The molecule has 0 saturated heterocycles. The van der Waals surface area contributed by atoms with E-state index < -0.39 is 0 Å². The Kier molecular flexibility index (Phi) is 8.38. The second kappa shape index (κ2) is 9.79. The quantitative estimate of drug-likeness (QED) is 0.719. The molecule has 6 heteroatoms. The van der Waals surface area contributed by atoms with Crippen LogP contribution < -0.4 is 10.2 Å². The van der Waals surface area contributed by atoms with Gasteiger partial charge in [-0.2, -0.15) is 4.98 Å². The number of rotatable bonds is 10. The Morgan fingerprint density at radius 3 is 2.38 bits per heavy atom. The molecule has 0 aliphatic rings. The van der Waals surface area contributed by atoms with Crippen molar-refractivity contribution in [1.29, 1.82) is 0 Å². The molecule has 1 aromatic rings. The molecule has 5 nitrogen and oxygen atoms in total. The van der Waals surface area contributed by atoms with Crippen LogP contribution in [-0.4, -0.2) is 54.1 Å². The molecule has 0 spiro atoms. The second-order valence-corrected chi connectivity index (χ2v) is 5.26. The molecule has 1 aromatic heterocycles. The molecule has 0 aliphatic carbocycles. The molecule has 21 heavy (non-hydrogen) atoms. The third-order valence-corrected chi connectivity index (χ3v) is 3.81. The largest absolute Gasteiger partial charge is 0.355 e. The summed E-state index contributed by atoms with van der Waals surface area (Å²) in [4.78, 5) is 13.4. The minimum atomic E-state index is 0.612. The monoisotopic (exact) mass is 313 g/mol. The van der Waals surface area contributed by atoms with Crippen molar-refractivity contribution in [2.45, 2.75) is 34.1 Å². The van der Waals surface area contributed by atoms with Gasteiger partial charge in [0.1, 0.15) is 5.02 Å². The average Bonchev–Trinajstić information content (AvgIpc) is 2.50. The zero-order valence-electron chi connectivity index (χ0n) is 13.7. The van der Waals surface area contributed by atoms with Gasteiger partial charge in [-0.05, 0) is 39.9 Å². The molecule has 0 fully saturated rings. The number of aromatic nitrogens is 2. The molecule has 0 aromatic carbocycles. The van der Waals surface area contributed by atoms with E-state index in [1.54, 1.807) is 6.20 Å². The lowest BCUT2D eigenvalue weighted by molar-refractivity contribution is 0.300. The second-order valence-electron chi connectivity index (χ2n) is 4.86. The van der Waals surface area contributed by atoms with Crippen molar-refractivity contribution in [3.8, 4) is 0 Å². The van der Waals surface area contributed by atoms with Crippen LogP contribution in [0.2, 0.25) is 5.02 Å². The number of nitrogens with one attached hydrogen (secondary N) is 1. The standard InChI is InChI=1S/C15H28ClN5/c1-5-17-15-18-12-13(16)14(19-15)21(8-4)11-9-10-20(6-2)7-3/h12H,5-11H2,1-4H3,(H,17,18,19). The fourth-order valence-corrected chi connectivity index (χ4v) is 2.47. The predicted octanol–water partition coefficient (Wildman–Crippen LogP) is 3.12. The first-order valence-electron chi connectivity index (χ1n) is 7.89. The van der Waals surface area contributed by atoms with Crippen molar-refractivity contribution >= 4 is 23.4 Å². The van der Waals surface area contributed by atoms with Crippen LogP contribution in [0, 0.1) is 0 Å². The summed E-state index contributed by atoms with van der Waals surface area (Å²) in [5, 5.41) is 3.74. The van der Waals surface area contributed by atoms with Gasteiger partial charge in [0.15, 0.2) is 5.82 Å². The Morgan fingerprint density at radius 1 is 1.10 bits per heavy atom. The van der Waals surface area contributed by atoms with Crippen LogP contribution in [-0.2, 0) is 0 Å². The number of anilines is 2. The number of hydrogen-bond acceptors (Lipinski definition) is 5. The highest BCUT2D eigenvalue weighted by Gasteiger charge is 2.12. The van der Waals surface area contributed by atoms with E-state index >= 15 is 0 Å². The van der Waals surface area contributed by atoms with Gasteiger partial charge in [-0.3, -0.25) is 0 Å². The van der Waals surface area contributed by atoms with E-state index in [9.17, 15) is 0 Å². The maximum absolute atomic E-state index is 6.26. The van der Waals surface area contributed by atoms with E-state index in [0.717, 1.165) is 51.5 Å². The summed E-state index contributed by atoms with van der Waals surface area (Å²) < 4.78 is 0. The van der Waals surface area contributed by atoms with Gasteiger partial charge in [-0.1, -0.05) is 25.4 Å². The maximum Gasteiger partial charge on any atom is 0.224 e. The van der Waals surface area contributed by atoms with Gasteiger partial charge in [0.05, 0.1) is 6.20 Å². The molecule has 0 saturated carbocycles. The number of nitrogens with zero attached hydrogens (tertiary/aromatic N) is 4. The maximum atomic E-state index is 6.26. The van der Waals surface area contributed by atoms with E-state index in [1.807, 2.05) is 6.92 Å².